The molecule has 0 N–H and O–H groups in total. The molecule has 0 spiro atoms. The van der Waals surface area contributed by atoms with E-state index in [1.165, 1.54) is 12.1 Å². The Morgan fingerprint density at radius 1 is 1.14 bits per heavy atom. The van der Waals surface area contributed by atoms with E-state index in [0.717, 1.165) is 24.5 Å². The summed E-state index contributed by atoms with van der Waals surface area (Å²) in [5.41, 5.74) is -0.512. The predicted octanol–water partition coefficient (Wildman–Crippen LogP) is 0.512. The van der Waals surface area contributed by atoms with Crippen LogP contribution in [0.1, 0.15) is 5.56 Å². The summed E-state index contributed by atoms with van der Waals surface area (Å²) in [6, 6.07) is 4.54. The molecule has 2 nitrogen and oxygen atoms in total. The summed E-state index contributed by atoms with van der Waals surface area (Å²) in [6.45, 7) is -5.28. The zero-order chi connectivity index (χ0) is 14.8. The molecule has 2 aromatic rings. The van der Waals surface area contributed by atoms with Crippen molar-refractivity contribution in [3.63, 3.8) is 0 Å². The fraction of sp³-hybridized carbons (Fsp3) is 0.0833. The zero-order valence-corrected chi connectivity index (χ0v) is 14.9. The van der Waals surface area contributed by atoms with Crippen molar-refractivity contribution in [2.24, 2.45) is 0 Å². The van der Waals surface area contributed by atoms with E-state index in [2.05, 4.69) is 4.98 Å². The third kappa shape index (κ3) is 5.54. The van der Waals surface area contributed by atoms with E-state index in [4.69, 9.17) is 16.3 Å². The molecule has 0 unspecified atom stereocenters. The monoisotopic (exact) mass is 343 g/mol. The molecule has 0 radical (unpaired) electrons. The predicted molar refractivity (Wildman–Crippen MR) is 68.7 cm³/mol. The minimum atomic E-state index is -5.14. The second-order valence-corrected chi connectivity index (χ2v) is 4.46. The number of benzene rings is 1. The Bertz CT molecular complexity index is 626. The van der Waals surface area contributed by atoms with Crippen molar-refractivity contribution in [2.45, 2.75) is 6.61 Å². The molecule has 0 aliphatic heterocycles. The SMILES string of the molecule is Fc1ccc(Cl)c(COc2cncc([B-](F)(F)F)c2)c1.[K+]. The number of rotatable bonds is 4. The number of halogens is 5. The molecule has 0 bridgehead atoms. The van der Waals surface area contributed by atoms with E-state index in [9.17, 15) is 17.3 Å². The van der Waals surface area contributed by atoms with Crippen molar-refractivity contribution in [3.05, 3.63) is 53.1 Å². The normalized spacial score (nSPS) is 10.9. The van der Waals surface area contributed by atoms with E-state index in [1.807, 2.05) is 0 Å². The van der Waals surface area contributed by atoms with Gasteiger partial charge in [0.05, 0.1) is 6.20 Å². The van der Waals surface area contributed by atoms with Crippen LogP contribution in [0.3, 0.4) is 0 Å². The first-order chi connectivity index (χ1) is 9.36. The number of hydrogen-bond donors (Lipinski definition) is 0. The molecule has 0 saturated heterocycles. The Labute approximate surface area is 166 Å². The summed E-state index contributed by atoms with van der Waals surface area (Å²) in [5, 5.41) is 0.274. The average molecular weight is 344 g/mol. The second-order valence-electron chi connectivity index (χ2n) is 4.05. The summed E-state index contributed by atoms with van der Waals surface area (Å²) in [4.78, 5) is 3.47. The number of hydrogen-bond acceptors (Lipinski definition) is 2. The number of nitrogens with zero attached hydrogens (tertiary/aromatic N) is 1. The van der Waals surface area contributed by atoms with Gasteiger partial charge in [0.15, 0.2) is 0 Å². The van der Waals surface area contributed by atoms with Crippen LogP contribution in [-0.2, 0) is 6.61 Å². The molecule has 106 valence electrons. The molecule has 1 aromatic carbocycles. The van der Waals surface area contributed by atoms with E-state index < -0.39 is 18.3 Å². The molecule has 0 aliphatic carbocycles. The first kappa shape index (κ1) is 18.9. The minimum absolute atomic E-state index is 0. The van der Waals surface area contributed by atoms with Crippen LogP contribution in [0, 0.1) is 5.82 Å². The maximum atomic E-state index is 13.0. The van der Waals surface area contributed by atoms with Crippen molar-refractivity contribution in [3.8, 4) is 5.75 Å². The fourth-order valence-electron chi connectivity index (χ4n) is 1.51. The van der Waals surface area contributed by atoms with Crippen LogP contribution >= 0.6 is 11.6 Å². The third-order valence-electron chi connectivity index (χ3n) is 2.51. The molecule has 0 aliphatic rings. The molecule has 1 heterocycles. The molecule has 0 atom stereocenters. The quantitative estimate of drug-likeness (QED) is 0.596. The van der Waals surface area contributed by atoms with Crippen LogP contribution < -0.4 is 61.6 Å². The smallest absolute Gasteiger partial charge is 0.487 e. The van der Waals surface area contributed by atoms with Crippen LogP contribution in [0.25, 0.3) is 0 Å². The van der Waals surface area contributed by atoms with Crippen LogP contribution in [-0.4, -0.2) is 12.0 Å². The minimum Gasteiger partial charge on any atom is -0.487 e. The van der Waals surface area contributed by atoms with Gasteiger partial charge in [-0.1, -0.05) is 17.1 Å². The van der Waals surface area contributed by atoms with Gasteiger partial charge in [0.2, 0.25) is 0 Å². The summed E-state index contributed by atoms with van der Waals surface area (Å²) in [5.74, 6) is -0.555. The number of ether oxygens (including phenoxy) is 1. The van der Waals surface area contributed by atoms with Gasteiger partial charge in [-0.15, -0.1) is 0 Å². The van der Waals surface area contributed by atoms with Crippen molar-refractivity contribution in [1.82, 2.24) is 4.98 Å². The fourth-order valence-corrected chi connectivity index (χ4v) is 1.68. The molecular formula is C12H8BClF4KNO. The molecule has 21 heavy (non-hydrogen) atoms. The van der Waals surface area contributed by atoms with E-state index in [1.54, 1.807) is 0 Å². The molecule has 0 amide bonds. The van der Waals surface area contributed by atoms with Crippen LogP contribution in [0.4, 0.5) is 17.3 Å². The number of aromatic nitrogens is 1. The number of pyridine rings is 1. The van der Waals surface area contributed by atoms with E-state index >= 15 is 0 Å². The summed E-state index contributed by atoms with van der Waals surface area (Å²) >= 11 is 5.83. The van der Waals surface area contributed by atoms with Crippen LogP contribution in [0.5, 0.6) is 5.75 Å². The second kappa shape index (κ2) is 7.94. The van der Waals surface area contributed by atoms with Crippen LogP contribution in [0.15, 0.2) is 36.7 Å². The Morgan fingerprint density at radius 3 is 2.52 bits per heavy atom. The zero-order valence-electron chi connectivity index (χ0n) is 11.0. The van der Waals surface area contributed by atoms with Crippen molar-refractivity contribution >= 4 is 24.0 Å². The summed E-state index contributed by atoms with van der Waals surface area (Å²) < 4.78 is 55.8. The molecule has 0 saturated carbocycles. The van der Waals surface area contributed by atoms with Crippen LogP contribution in [0.2, 0.25) is 5.02 Å². The molecule has 2 rings (SSSR count). The Balaban J connectivity index is 0.00000220. The molecule has 9 heteroatoms. The van der Waals surface area contributed by atoms with Crippen molar-refractivity contribution in [1.29, 1.82) is 0 Å². The van der Waals surface area contributed by atoms with Gasteiger partial charge in [0.25, 0.3) is 0 Å². The largest absolute Gasteiger partial charge is 1.00 e. The maximum Gasteiger partial charge on any atom is 1.00 e. The van der Waals surface area contributed by atoms with Gasteiger partial charge in [0.1, 0.15) is 18.2 Å². The maximum absolute atomic E-state index is 13.0. The molecule has 1 aromatic heterocycles. The summed E-state index contributed by atoms with van der Waals surface area (Å²) in [7, 11) is 0. The topological polar surface area (TPSA) is 22.1 Å². The van der Waals surface area contributed by atoms with Gasteiger partial charge < -0.3 is 17.7 Å². The molecular weight excluding hydrogens is 335 g/mol. The Kier molecular flexibility index (Phi) is 7.16. The first-order valence-electron chi connectivity index (χ1n) is 5.58. The molecule has 0 fully saturated rings. The van der Waals surface area contributed by atoms with E-state index in [0.29, 0.717) is 5.56 Å². The average Bonchev–Trinajstić information content (AvgIpc) is 2.39. The third-order valence-corrected chi connectivity index (χ3v) is 2.88. The van der Waals surface area contributed by atoms with Gasteiger partial charge in [-0.25, -0.2) is 4.39 Å². The van der Waals surface area contributed by atoms with E-state index in [-0.39, 0.29) is 68.8 Å². The summed E-state index contributed by atoms with van der Waals surface area (Å²) in [6.07, 6.45) is 1.88. The van der Waals surface area contributed by atoms with Crippen molar-refractivity contribution in [2.75, 3.05) is 0 Å². The Morgan fingerprint density at radius 2 is 1.86 bits per heavy atom. The van der Waals surface area contributed by atoms with Crippen molar-refractivity contribution < 1.29 is 73.5 Å². The van der Waals surface area contributed by atoms with Gasteiger partial charge >= 0.3 is 58.4 Å². The van der Waals surface area contributed by atoms with Gasteiger partial charge in [-0.2, -0.15) is 0 Å². The van der Waals surface area contributed by atoms with Gasteiger partial charge in [0, 0.05) is 16.8 Å². The standard InChI is InChI=1S/C12H8BClF4NO.K/c14-12-2-1-10(15)3-8(12)7-20-11-4-9(5-19-6-11)13(16,17)18;/h1-6H,7H2;/q-1;+1. The van der Waals surface area contributed by atoms with Gasteiger partial charge in [-0.3, -0.25) is 4.98 Å². The van der Waals surface area contributed by atoms with Gasteiger partial charge in [-0.05, 0) is 24.3 Å². The first-order valence-corrected chi connectivity index (χ1v) is 5.95. The Hall–Kier alpha value is -0.119.